The standard InChI is InChI=1S/C60H39NO/c1-3-15-40(16-4-1)41-29-34-46(35-30-41)61(56-27-12-11-23-51(56)53-26-14-28-57-59(53)54-38-33-43-19-7-10-22-50(43)60(54)62-57)47-36-31-44(32-37-47)49-24-13-25-52-48-21-9-8-20-45(48)39-55(58(49)52)42-17-5-2-6-18-42/h1-39H. The van der Waals surface area contributed by atoms with Crippen molar-refractivity contribution in [2.45, 2.75) is 0 Å². The van der Waals surface area contributed by atoms with Crippen LogP contribution in [0.1, 0.15) is 0 Å². The SMILES string of the molecule is c1ccc(-c2ccc(N(c3ccc(-c4cccc5c4c(-c4ccccc4)cc4ccccc45)cc3)c3ccccc3-c3cccc4oc5c6ccccc6ccc5c34)cc2)cc1. The minimum absolute atomic E-state index is 0.879. The van der Waals surface area contributed by atoms with Gasteiger partial charge < -0.3 is 9.32 Å². The van der Waals surface area contributed by atoms with Gasteiger partial charge in [0.2, 0.25) is 0 Å². The van der Waals surface area contributed by atoms with Crippen LogP contribution in [0.3, 0.4) is 0 Å². The average molecular weight is 790 g/mol. The first-order chi connectivity index (χ1) is 30.8. The van der Waals surface area contributed by atoms with E-state index in [-0.39, 0.29) is 0 Å². The molecule has 62 heavy (non-hydrogen) atoms. The Balaban J connectivity index is 1.04. The number of hydrogen-bond acceptors (Lipinski definition) is 2. The molecule has 11 aromatic carbocycles. The van der Waals surface area contributed by atoms with Crippen molar-refractivity contribution in [1.82, 2.24) is 0 Å². The van der Waals surface area contributed by atoms with Crippen LogP contribution < -0.4 is 4.90 Å². The van der Waals surface area contributed by atoms with E-state index in [1.165, 1.54) is 60.3 Å². The van der Waals surface area contributed by atoms with Gasteiger partial charge in [-0.2, -0.15) is 0 Å². The van der Waals surface area contributed by atoms with E-state index < -0.39 is 0 Å². The number of furan rings is 1. The second kappa shape index (κ2) is 14.8. The van der Waals surface area contributed by atoms with E-state index >= 15 is 0 Å². The van der Waals surface area contributed by atoms with E-state index in [2.05, 4.69) is 241 Å². The van der Waals surface area contributed by atoms with Crippen molar-refractivity contribution in [1.29, 1.82) is 0 Å². The van der Waals surface area contributed by atoms with E-state index in [4.69, 9.17) is 4.42 Å². The van der Waals surface area contributed by atoms with Gasteiger partial charge in [0.15, 0.2) is 0 Å². The van der Waals surface area contributed by atoms with Crippen LogP contribution in [-0.4, -0.2) is 0 Å². The van der Waals surface area contributed by atoms with E-state index in [0.29, 0.717) is 0 Å². The second-order valence-corrected chi connectivity index (χ2v) is 16.0. The fraction of sp³-hybridized carbons (Fsp3) is 0. The molecule has 0 fully saturated rings. The molecular formula is C60H39NO. The fourth-order valence-electron chi connectivity index (χ4n) is 9.57. The van der Waals surface area contributed by atoms with Crippen LogP contribution in [0.4, 0.5) is 17.1 Å². The van der Waals surface area contributed by atoms with Crippen molar-refractivity contribution in [2.75, 3.05) is 4.90 Å². The van der Waals surface area contributed by atoms with Crippen molar-refractivity contribution >= 4 is 71.3 Å². The maximum atomic E-state index is 6.69. The van der Waals surface area contributed by atoms with Crippen LogP contribution in [0.15, 0.2) is 241 Å². The molecule has 0 aliphatic heterocycles. The maximum absolute atomic E-state index is 6.69. The first-order valence-corrected chi connectivity index (χ1v) is 21.3. The Bertz CT molecular complexity index is 3610. The number of fused-ring (bicyclic) bond motifs is 8. The molecule has 2 heteroatoms. The molecule has 12 aromatic rings. The Labute approximate surface area is 360 Å². The Kier molecular flexibility index (Phi) is 8.53. The Morgan fingerprint density at radius 2 is 0.839 bits per heavy atom. The Morgan fingerprint density at radius 3 is 1.61 bits per heavy atom. The molecule has 0 spiro atoms. The molecule has 0 bridgehead atoms. The second-order valence-electron chi connectivity index (χ2n) is 16.0. The van der Waals surface area contributed by atoms with Crippen molar-refractivity contribution in [3.05, 3.63) is 237 Å². The van der Waals surface area contributed by atoms with Gasteiger partial charge in [0.05, 0.1) is 5.69 Å². The minimum Gasteiger partial charge on any atom is -0.455 e. The molecular weight excluding hydrogens is 751 g/mol. The summed E-state index contributed by atoms with van der Waals surface area (Å²) in [6.07, 6.45) is 0. The van der Waals surface area contributed by atoms with Crippen LogP contribution in [0.25, 0.3) is 98.8 Å². The van der Waals surface area contributed by atoms with Crippen molar-refractivity contribution < 1.29 is 4.42 Å². The van der Waals surface area contributed by atoms with Gasteiger partial charge in [-0.1, -0.05) is 188 Å². The summed E-state index contributed by atoms with van der Waals surface area (Å²) in [6.45, 7) is 0. The Hall–Kier alpha value is -8.20. The van der Waals surface area contributed by atoms with Crippen molar-refractivity contribution in [2.24, 2.45) is 0 Å². The summed E-state index contributed by atoms with van der Waals surface area (Å²) < 4.78 is 6.69. The van der Waals surface area contributed by atoms with Gasteiger partial charge in [0.1, 0.15) is 11.2 Å². The number of anilines is 3. The molecule has 0 radical (unpaired) electrons. The molecule has 0 atom stereocenters. The monoisotopic (exact) mass is 789 g/mol. The lowest BCUT2D eigenvalue weighted by atomic mass is 9.88. The lowest BCUT2D eigenvalue weighted by Crippen LogP contribution is -2.11. The van der Waals surface area contributed by atoms with Crippen LogP contribution in [0.5, 0.6) is 0 Å². The summed E-state index contributed by atoms with van der Waals surface area (Å²) in [7, 11) is 0. The van der Waals surface area contributed by atoms with Gasteiger partial charge in [-0.15, -0.1) is 0 Å². The van der Waals surface area contributed by atoms with Gasteiger partial charge in [-0.05, 0) is 114 Å². The number of hydrogen-bond donors (Lipinski definition) is 0. The normalized spacial score (nSPS) is 11.5. The number of para-hydroxylation sites is 1. The lowest BCUT2D eigenvalue weighted by Gasteiger charge is -2.28. The summed E-state index contributed by atoms with van der Waals surface area (Å²) in [4.78, 5) is 2.40. The zero-order valence-corrected chi connectivity index (χ0v) is 33.9. The summed E-state index contributed by atoms with van der Waals surface area (Å²) in [5.74, 6) is 0. The maximum Gasteiger partial charge on any atom is 0.143 e. The molecule has 1 aromatic heterocycles. The third kappa shape index (κ3) is 5.96. The molecule has 0 N–H and O–H groups in total. The highest BCUT2D eigenvalue weighted by Gasteiger charge is 2.22. The topological polar surface area (TPSA) is 16.4 Å². The van der Waals surface area contributed by atoms with E-state index in [1.807, 2.05) is 0 Å². The van der Waals surface area contributed by atoms with E-state index in [9.17, 15) is 0 Å². The smallest absolute Gasteiger partial charge is 0.143 e. The first-order valence-electron chi connectivity index (χ1n) is 21.3. The van der Waals surface area contributed by atoms with Crippen LogP contribution in [0.2, 0.25) is 0 Å². The number of rotatable bonds is 7. The molecule has 0 saturated heterocycles. The van der Waals surface area contributed by atoms with Crippen molar-refractivity contribution in [3.63, 3.8) is 0 Å². The minimum atomic E-state index is 0.879. The van der Waals surface area contributed by atoms with Gasteiger partial charge in [-0.3, -0.25) is 0 Å². The highest BCUT2D eigenvalue weighted by molar-refractivity contribution is 6.20. The lowest BCUT2D eigenvalue weighted by molar-refractivity contribution is 0.673. The summed E-state index contributed by atoms with van der Waals surface area (Å²) >= 11 is 0. The number of nitrogens with zero attached hydrogens (tertiary/aromatic N) is 1. The Morgan fingerprint density at radius 1 is 0.290 bits per heavy atom. The molecule has 0 amide bonds. The molecule has 290 valence electrons. The summed E-state index contributed by atoms with van der Waals surface area (Å²) in [6, 6.07) is 85.4. The molecule has 0 aliphatic rings. The third-order valence-electron chi connectivity index (χ3n) is 12.5. The zero-order valence-electron chi connectivity index (χ0n) is 33.9. The zero-order chi connectivity index (χ0) is 41.0. The van der Waals surface area contributed by atoms with Crippen LogP contribution in [-0.2, 0) is 0 Å². The summed E-state index contributed by atoms with van der Waals surface area (Å²) in [5, 5.41) is 9.54. The molecule has 0 saturated carbocycles. The van der Waals surface area contributed by atoms with E-state index in [1.54, 1.807) is 0 Å². The predicted molar refractivity (Wildman–Crippen MR) is 263 cm³/mol. The highest BCUT2D eigenvalue weighted by atomic mass is 16.3. The predicted octanol–water partition coefficient (Wildman–Crippen LogP) is 17.2. The molecule has 0 unspecified atom stereocenters. The van der Waals surface area contributed by atoms with Gasteiger partial charge in [-0.25, -0.2) is 0 Å². The van der Waals surface area contributed by atoms with E-state index in [0.717, 1.165) is 55.5 Å². The summed E-state index contributed by atoms with van der Waals surface area (Å²) in [5.41, 5.74) is 14.5. The van der Waals surface area contributed by atoms with Gasteiger partial charge in [0, 0.05) is 33.1 Å². The fourth-order valence-corrected chi connectivity index (χ4v) is 9.57. The highest BCUT2D eigenvalue weighted by Crippen LogP contribution is 2.47. The molecule has 0 aliphatic carbocycles. The quantitative estimate of drug-likeness (QED) is 0.150. The van der Waals surface area contributed by atoms with Crippen molar-refractivity contribution in [3.8, 4) is 44.5 Å². The molecule has 1 heterocycles. The molecule has 2 nitrogen and oxygen atoms in total. The average Bonchev–Trinajstić information content (AvgIpc) is 3.75. The van der Waals surface area contributed by atoms with Crippen LogP contribution in [0, 0.1) is 0 Å². The number of benzene rings is 11. The largest absolute Gasteiger partial charge is 0.455 e. The van der Waals surface area contributed by atoms with Crippen LogP contribution >= 0.6 is 0 Å². The molecule has 12 rings (SSSR count). The van der Waals surface area contributed by atoms with Gasteiger partial charge >= 0.3 is 0 Å². The first kappa shape index (κ1) is 35.7. The van der Waals surface area contributed by atoms with Gasteiger partial charge in [0.25, 0.3) is 0 Å². The third-order valence-corrected chi connectivity index (χ3v) is 12.5.